The van der Waals surface area contributed by atoms with Crippen molar-refractivity contribution in [2.24, 2.45) is 0 Å². The summed E-state index contributed by atoms with van der Waals surface area (Å²) in [4.78, 5) is 1.92. The summed E-state index contributed by atoms with van der Waals surface area (Å²) in [5.41, 5.74) is 2.42. The molecule has 0 unspecified atom stereocenters. The lowest BCUT2D eigenvalue weighted by Gasteiger charge is -2.12. The first-order valence-electron chi connectivity index (χ1n) is 9.14. The van der Waals surface area contributed by atoms with Crippen LogP contribution >= 0.6 is 0 Å². The monoisotopic (exact) mass is 394 g/mol. The van der Waals surface area contributed by atoms with Gasteiger partial charge in [0, 0.05) is 18.7 Å². The highest BCUT2D eigenvalue weighted by atomic mass is 19.1. The van der Waals surface area contributed by atoms with Crippen LogP contribution in [0.5, 0.6) is 0 Å². The Labute approximate surface area is 166 Å². The normalized spacial score (nSPS) is 11.3. The second-order valence-electron chi connectivity index (χ2n) is 7.01. The van der Waals surface area contributed by atoms with Crippen molar-refractivity contribution < 1.29 is 8.78 Å². The molecule has 0 radical (unpaired) electrons. The summed E-state index contributed by atoms with van der Waals surface area (Å²) in [6, 6.07) is 15.0. The van der Waals surface area contributed by atoms with Crippen LogP contribution in [0.4, 0.5) is 14.6 Å². The van der Waals surface area contributed by atoms with E-state index in [0.29, 0.717) is 41.5 Å². The molecule has 0 saturated carbocycles. The Morgan fingerprint density at radius 1 is 0.966 bits per heavy atom. The fraction of sp³-hybridized carbons (Fsp3) is 0.190. The molecule has 0 bridgehead atoms. The average Bonchev–Trinajstić information content (AvgIpc) is 3.11. The predicted molar refractivity (Wildman–Crippen MR) is 107 cm³/mol. The number of aromatic nitrogens is 4. The van der Waals surface area contributed by atoms with Crippen LogP contribution in [0, 0.1) is 11.6 Å². The lowest BCUT2D eigenvalue weighted by atomic mass is 10.1. The minimum atomic E-state index is -0.387. The average molecular weight is 394 g/mol. The van der Waals surface area contributed by atoms with E-state index in [-0.39, 0.29) is 11.6 Å². The van der Waals surface area contributed by atoms with Gasteiger partial charge in [-0.2, -0.15) is 4.52 Å². The molecule has 0 fully saturated rings. The van der Waals surface area contributed by atoms with Crippen LogP contribution in [0.3, 0.4) is 0 Å². The molecule has 4 rings (SSSR count). The molecular formula is C21H20F2N6. The van der Waals surface area contributed by atoms with Gasteiger partial charge in [-0.25, -0.2) is 8.78 Å². The summed E-state index contributed by atoms with van der Waals surface area (Å²) in [7, 11) is 3.80. The fourth-order valence-electron chi connectivity index (χ4n) is 3.09. The summed E-state index contributed by atoms with van der Waals surface area (Å²) in [5, 5.41) is 15.8. The minimum absolute atomic E-state index is 0.221. The summed E-state index contributed by atoms with van der Waals surface area (Å²) < 4.78 is 29.6. The van der Waals surface area contributed by atoms with E-state index in [1.807, 2.05) is 25.1 Å². The highest BCUT2D eigenvalue weighted by Gasteiger charge is 2.13. The number of benzene rings is 2. The zero-order valence-electron chi connectivity index (χ0n) is 16.1. The van der Waals surface area contributed by atoms with Crippen molar-refractivity contribution in [3.05, 3.63) is 77.4 Å². The summed E-state index contributed by atoms with van der Waals surface area (Å²) in [5.74, 6) is 0.299. The van der Waals surface area contributed by atoms with Crippen LogP contribution in [0.25, 0.3) is 17.0 Å². The number of anilines is 1. The van der Waals surface area contributed by atoms with Gasteiger partial charge in [0.25, 0.3) is 0 Å². The highest BCUT2D eigenvalue weighted by molar-refractivity contribution is 5.60. The molecule has 0 saturated heterocycles. The van der Waals surface area contributed by atoms with E-state index in [1.165, 1.54) is 16.6 Å². The van der Waals surface area contributed by atoms with Crippen LogP contribution < -0.4 is 5.32 Å². The third-order valence-corrected chi connectivity index (χ3v) is 4.45. The SMILES string of the molecule is CN(C)Cc1cc(CNc2ccc3nnc(-c4ccccc4F)n3n2)ccc1F. The van der Waals surface area contributed by atoms with E-state index in [1.54, 1.807) is 36.4 Å². The van der Waals surface area contributed by atoms with Gasteiger partial charge in [-0.3, -0.25) is 0 Å². The van der Waals surface area contributed by atoms with Crippen molar-refractivity contribution in [2.75, 3.05) is 19.4 Å². The molecule has 6 nitrogen and oxygen atoms in total. The van der Waals surface area contributed by atoms with Crippen molar-refractivity contribution in [1.29, 1.82) is 0 Å². The van der Waals surface area contributed by atoms with Gasteiger partial charge in [0.05, 0.1) is 5.56 Å². The van der Waals surface area contributed by atoms with Gasteiger partial charge < -0.3 is 10.2 Å². The molecule has 0 spiro atoms. The largest absolute Gasteiger partial charge is 0.365 e. The van der Waals surface area contributed by atoms with Crippen LogP contribution in [0.1, 0.15) is 11.1 Å². The van der Waals surface area contributed by atoms with E-state index in [4.69, 9.17) is 0 Å². The Morgan fingerprint density at radius 2 is 1.79 bits per heavy atom. The molecule has 8 heteroatoms. The maximum Gasteiger partial charge on any atom is 0.188 e. The molecule has 2 aromatic heterocycles. The van der Waals surface area contributed by atoms with Crippen LogP contribution in [0.15, 0.2) is 54.6 Å². The maximum absolute atomic E-state index is 14.2. The lowest BCUT2D eigenvalue weighted by molar-refractivity contribution is 0.392. The Hall–Kier alpha value is -3.39. The lowest BCUT2D eigenvalue weighted by Crippen LogP contribution is -2.12. The number of fused-ring (bicyclic) bond motifs is 1. The molecule has 1 N–H and O–H groups in total. The van der Waals surface area contributed by atoms with Crippen LogP contribution in [-0.4, -0.2) is 38.8 Å². The number of hydrogen-bond donors (Lipinski definition) is 1. The van der Waals surface area contributed by atoms with Gasteiger partial charge in [0.1, 0.15) is 17.5 Å². The highest BCUT2D eigenvalue weighted by Crippen LogP contribution is 2.21. The fourth-order valence-corrected chi connectivity index (χ4v) is 3.09. The Morgan fingerprint density at radius 3 is 2.59 bits per heavy atom. The van der Waals surface area contributed by atoms with Gasteiger partial charge in [-0.15, -0.1) is 15.3 Å². The molecule has 0 aliphatic rings. The first-order valence-corrected chi connectivity index (χ1v) is 9.14. The Kier molecular flexibility index (Phi) is 5.18. The first kappa shape index (κ1) is 18.9. The van der Waals surface area contributed by atoms with Gasteiger partial charge in [0.15, 0.2) is 11.5 Å². The van der Waals surface area contributed by atoms with Crippen molar-refractivity contribution in [1.82, 2.24) is 24.7 Å². The number of halogens is 2. The van der Waals surface area contributed by atoms with Gasteiger partial charge in [-0.1, -0.05) is 18.2 Å². The molecule has 0 aliphatic carbocycles. The summed E-state index contributed by atoms with van der Waals surface area (Å²) in [6.45, 7) is 0.993. The molecule has 0 atom stereocenters. The molecular weight excluding hydrogens is 374 g/mol. The van der Waals surface area contributed by atoms with Gasteiger partial charge in [0.2, 0.25) is 0 Å². The first-order chi connectivity index (χ1) is 14.0. The quantitative estimate of drug-likeness (QED) is 0.540. The molecule has 2 heterocycles. The smallest absolute Gasteiger partial charge is 0.188 e. The number of hydrogen-bond acceptors (Lipinski definition) is 5. The van der Waals surface area contributed by atoms with E-state index in [0.717, 1.165) is 5.56 Å². The van der Waals surface area contributed by atoms with Crippen LogP contribution in [-0.2, 0) is 13.1 Å². The van der Waals surface area contributed by atoms with Crippen molar-refractivity contribution >= 4 is 11.5 Å². The number of nitrogens with zero attached hydrogens (tertiary/aromatic N) is 5. The predicted octanol–water partition coefficient (Wildman–Crippen LogP) is 3.74. The van der Waals surface area contributed by atoms with Crippen molar-refractivity contribution in [2.45, 2.75) is 13.1 Å². The second kappa shape index (κ2) is 7.92. The Balaban J connectivity index is 1.58. The van der Waals surface area contributed by atoms with E-state index >= 15 is 0 Å². The molecule has 2 aromatic carbocycles. The Bertz CT molecular complexity index is 1160. The zero-order chi connectivity index (χ0) is 20.4. The minimum Gasteiger partial charge on any atom is -0.365 e. The summed E-state index contributed by atoms with van der Waals surface area (Å²) >= 11 is 0. The van der Waals surface area contributed by atoms with E-state index < -0.39 is 0 Å². The molecule has 0 amide bonds. The summed E-state index contributed by atoms with van der Waals surface area (Å²) in [6.07, 6.45) is 0. The van der Waals surface area contributed by atoms with Crippen LogP contribution in [0.2, 0.25) is 0 Å². The second-order valence-corrected chi connectivity index (χ2v) is 7.01. The molecule has 4 aromatic rings. The topological polar surface area (TPSA) is 58.3 Å². The van der Waals surface area contributed by atoms with Gasteiger partial charge in [-0.05, 0) is 56.1 Å². The third kappa shape index (κ3) is 4.07. The third-order valence-electron chi connectivity index (χ3n) is 4.45. The van der Waals surface area contributed by atoms with E-state index in [2.05, 4.69) is 20.6 Å². The van der Waals surface area contributed by atoms with Crippen molar-refractivity contribution in [3.63, 3.8) is 0 Å². The molecule has 0 aliphatic heterocycles. The number of rotatable bonds is 6. The van der Waals surface area contributed by atoms with Gasteiger partial charge >= 0.3 is 0 Å². The molecule has 29 heavy (non-hydrogen) atoms. The van der Waals surface area contributed by atoms with E-state index in [9.17, 15) is 8.78 Å². The standard InChI is InChI=1S/C21H20F2N6/c1-28(2)13-15-11-14(7-8-17(15)22)12-24-19-9-10-20-25-26-21(29(20)27-19)16-5-3-4-6-18(16)23/h3-11H,12-13H2,1-2H3,(H,24,27). The maximum atomic E-state index is 14.2. The number of nitrogens with one attached hydrogen (secondary N) is 1. The van der Waals surface area contributed by atoms with Crippen molar-refractivity contribution in [3.8, 4) is 11.4 Å². The molecule has 148 valence electrons. The zero-order valence-corrected chi connectivity index (χ0v) is 16.1.